The number of halogens is 2. The van der Waals surface area contributed by atoms with Crippen LogP contribution in [0.2, 0.25) is 10.0 Å². The zero-order valence-electron chi connectivity index (χ0n) is 14.3. The van der Waals surface area contributed by atoms with E-state index >= 15 is 0 Å². The van der Waals surface area contributed by atoms with Gasteiger partial charge in [0.05, 0.1) is 6.54 Å². The summed E-state index contributed by atoms with van der Waals surface area (Å²) >= 11 is 13.9. The smallest absolute Gasteiger partial charge is 0.211 e. The summed E-state index contributed by atoms with van der Waals surface area (Å²) < 4.78 is 3.62. The molecule has 10 heteroatoms. The number of aromatic nitrogens is 6. The molecule has 0 aliphatic heterocycles. The van der Waals surface area contributed by atoms with Gasteiger partial charge in [-0.3, -0.25) is 9.36 Å². The number of aryl methyl sites for hydroxylation is 1. The molecule has 0 amide bonds. The second kappa shape index (κ2) is 7.67. The number of anilines is 2. The SMILES string of the molecule is CCn1ccc(-c2nnc(Nc3ccn(Cc4c(Cl)cccc4Cl)n3)s2)n1. The van der Waals surface area contributed by atoms with Crippen molar-refractivity contribution < 1.29 is 0 Å². The Morgan fingerprint density at radius 1 is 1.00 bits per heavy atom. The molecule has 138 valence electrons. The molecular formula is C17H15Cl2N7S. The molecule has 1 N–H and O–H groups in total. The second-order valence-electron chi connectivity index (χ2n) is 5.69. The summed E-state index contributed by atoms with van der Waals surface area (Å²) in [4.78, 5) is 0. The Balaban J connectivity index is 1.47. The van der Waals surface area contributed by atoms with Crippen LogP contribution in [0.1, 0.15) is 12.5 Å². The molecule has 0 aliphatic rings. The van der Waals surface area contributed by atoms with Gasteiger partial charge in [-0.1, -0.05) is 40.6 Å². The Hall–Kier alpha value is -2.42. The molecule has 0 fully saturated rings. The van der Waals surface area contributed by atoms with Gasteiger partial charge in [0.1, 0.15) is 5.69 Å². The Morgan fingerprint density at radius 3 is 2.52 bits per heavy atom. The van der Waals surface area contributed by atoms with Crippen LogP contribution in [0.15, 0.2) is 42.7 Å². The minimum absolute atomic E-state index is 0.482. The van der Waals surface area contributed by atoms with E-state index in [1.165, 1.54) is 11.3 Å². The maximum absolute atomic E-state index is 6.22. The van der Waals surface area contributed by atoms with Crippen molar-refractivity contribution in [3.63, 3.8) is 0 Å². The molecule has 0 aliphatic carbocycles. The Kier molecular flexibility index (Phi) is 5.11. The molecule has 4 aromatic rings. The third kappa shape index (κ3) is 3.97. The monoisotopic (exact) mass is 419 g/mol. The highest BCUT2D eigenvalue weighted by molar-refractivity contribution is 7.18. The summed E-state index contributed by atoms with van der Waals surface area (Å²) in [5.41, 5.74) is 1.64. The number of hydrogen-bond acceptors (Lipinski definition) is 6. The lowest BCUT2D eigenvalue weighted by Crippen LogP contribution is -2.02. The van der Waals surface area contributed by atoms with E-state index in [4.69, 9.17) is 23.2 Å². The summed E-state index contributed by atoms with van der Waals surface area (Å²) in [7, 11) is 0. The Labute approximate surface area is 169 Å². The van der Waals surface area contributed by atoms with Crippen molar-refractivity contribution in [3.8, 4) is 10.7 Å². The molecule has 3 aromatic heterocycles. The van der Waals surface area contributed by atoms with Crippen LogP contribution in [-0.4, -0.2) is 29.8 Å². The van der Waals surface area contributed by atoms with E-state index in [0.29, 0.717) is 27.5 Å². The maximum atomic E-state index is 6.22. The fraction of sp³-hybridized carbons (Fsp3) is 0.176. The first-order chi connectivity index (χ1) is 13.1. The first kappa shape index (κ1) is 18.0. The highest BCUT2D eigenvalue weighted by Crippen LogP contribution is 2.28. The lowest BCUT2D eigenvalue weighted by atomic mass is 10.2. The molecular weight excluding hydrogens is 405 g/mol. The van der Waals surface area contributed by atoms with Gasteiger partial charge in [0.25, 0.3) is 0 Å². The summed E-state index contributed by atoms with van der Waals surface area (Å²) in [6.45, 7) is 3.34. The molecule has 27 heavy (non-hydrogen) atoms. The average molecular weight is 420 g/mol. The highest BCUT2D eigenvalue weighted by Gasteiger charge is 2.11. The van der Waals surface area contributed by atoms with Crippen LogP contribution in [0.3, 0.4) is 0 Å². The lowest BCUT2D eigenvalue weighted by molar-refractivity contribution is 0.662. The lowest BCUT2D eigenvalue weighted by Gasteiger charge is -2.06. The molecule has 0 spiro atoms. The molecule has 0 radical (unpaired) electrons. The van der Waals surface area contributed by atoms with Crippen molar-refractivity contribution in [2.75, 3.05) is 5.32 Å². The van der Waals surface area contributed by atoms with Crippen LogP contribution in [0.25, 0.3) is 10.7 Å². The second-order valence-corrected chi connectivity index (χ2v) is 7.48. The van der Waals surface area contributed by atoms with E-state index in [0.717, 1.165) is 22.8 Å². The minimum atomic E-state index is 0.482. The van der Waals surface area contributed by atoms with Crippen LogP contribution in [0.5, 0.6) is 0 Å². The highest BCUT2D eigenvalue weighted by atomic mass is 35.5. The number of nitrogens with zero attached hydrogens (tertiary/aromatic N) is 6. The van der Waals surface area contributed by atoms with Gasteiger partial charge in [0, 0.05) is 40.6 Å². The summed E-state index contributed by atoms with van der Waals surface area (Å²) in [6, 6.07) is 9.23. The molecule has 0 atom stereocenters. The van der Waals surface area contributed by atoms with Crippen molar-refractivity contribution in [1.29, 1.82) is 0 Å². The van der Waals surface area contributed by atoms with Gasteiger partial charge in [-0.15, -0.1) is 10.2 Å². The largest absolute Gasteiger partial charge is 0.313 e. The number of benzene rings is 1. The molecule has 0 unspecified atom stereocenters. The molecule has 1 aromatic carbocycles. The third-order valence-electron chi connectivity index (χ3n) is 3.87. The van der Waals surface area contributed by atoms with Gasteiger partial charge in [-0.05, 0) is 25.1 Å². The quantitative estimate of drug-likeness (QED) is 0.489. The Morgan fingerprint density at radius 2 is 1.78 bits per heavy atom. The van der Waals surface area contributed by atoms with Crippen molar-refractivity contribution >= 4 is 45.5 Å². The normalized spacial score (nSPS) is 11.1. The molecule has 0 saturated heterocycles. The third-order valence-corrected chi connectivity index (χ3v) is 5.44. The molecule has 3 heterocycles. The predicted molar refractivity (Wildman–Crippen MR) is 108 cm³/mol. The summed E-state index contributed by atoms with van der Waals surface area (Å²) in [5, 5.41) is 23.1. The van der Waals surface area contributed by atoms with Gasteiger partial charge in [-0.25, -0.2) is 0 Å². The minimum Gasteiger partial charge on any atom is -0.313 e. The topological polar surface area (TPSA) is 73.5 Å². The van der Waals surface area contributed by atoms with Crippen LogP contribution < -0.4 is 5.32 Å². The van der Waals surface area contributed by atoms with E-state index in [-0.39, 0.29) is 0 Å². The Bertz CT molecular complexity index is 1050. The van der Waals surface area contributed by atoms with Crippen LogP contribution >= 0.6 is 34.5 Å². The van der Waals surface area contributed by atoms with E-state index in [1.807, 2.05) is 54.3 Å². The van der Waals surface area contributed by atoms with Gasteiger partial charge in [0.15, 0.2) is 10.8 Å². The summed E-state index contributed by atoms with van der Waals surface area (Å²) in [5.74, 6) is 0.667. The van der Waals surface area contributed by atoms with Crippen LogP contribution in [0.4, 0.5) is 10.9 Å². The zero-order valence-corrected chi connectivity index (χ0v) is 16.6. The molecule has 0 bridgehead atoms. The zero-order chi connectivity index (χ0) is 18.8. The van der Waals surface area contributed by atoms with Crippen molar-refractivity contribution in [3.05, 3.63) is 58.3 Å². The average Bonchev–Trinajstić information content (AvgIpc) is 3.39. The fourth-order valence-corrected chi connectivity index (χ4v) is 3.73. The van der Waals surface area contributed by atoms with Crippen molar-refractivity contribution in [2.24, 2.45) is 0 Å². The fourth-order valence-electron chi connectivity index (χ4n) is 2.50. The van der Waals surface area contributed by atoms with Crippen LogP contribution in [-0.2, 0) is 13.1 Å². The number of rotatable bonds is 6. The van der Waals surface area contributed by atoms with Crippen molar-refractivity contribution in [1.82, 2.24) is 29.8 Å². The maximum Gasteiger partial charge on any atom is 0.211 e. The standard InChI is InChI=1S/C17H15Cl2N7S/c1-2-25-8-6-14(23-25)16-21-22-17(27-16)20-15-7-9-26(24-15)10-11-12(18)4-3-5-13(11)19/h3-9H,2,10H2,1H3,(H,20,22,24). The number of hydrogen-bond donors (Lipinski definition) is 1. The van der Waals surface area contributed by atoms with Crippen LogP contribution in [0, 0.1) is 0 Å². The van der Waals surface area contributed by atoms with E-state index in [1.54, 1.807) is 4.68 Å². The summed E-state index contributed by atoms with van der Waals surface area (Å²) in [6.07, 6.45) is 3.78. The van der Waals surface area contributed by atoms with E-state index < -0.39 is 0 Å². The van der Waals surface area contributed by atoms with Gasteiger partial charge in [-0.2, -0.15) is 10.2 Å². The first-order valence-electron chi connectivity index (χ1n) is 8.23. The van der Waals surface area contributed by atoms with Gasteiger partial charge < -0.3 is 5.32 Å². The predicted octanol–water partition coefficient (Wildman–Crippen LogP) is 4.72. The number of nitrogens with one attached hydrogen (secondary N) is 1. The van der Waals surface area contributed by atoms with Gasteiger partial charge in [0.2, 0.25) is 5.13 Å². The molecule has 0 saturated carbocycles. The molecule has 7 nitrogen and oxygen atoms in total. The molecule has 4 rings (SSSR count). The van der Waals surface area contributed by atoms with Gasteiger partial charge >= 0.3 is 0 Å². The van der Waals surface area contributed by atoms with E-state index in [2.05, 4.69) is 25.7 Å². The van der Waals surface area contributed by atoms with Crippen molar-refractivity contribution in [2.45, 2.75) is 20.0 Å². The van der Waals surface area contributed by atoms with E-state index in [9.17, 15) is 0 Å². The first-order valence-corrected chi connectivity index (χ1v) is 9.80.